The molecule has 8 heteroatoms. The molecule has 184 valence electrons. The lowest BCUT2D eigenvalue weighted by Gasteiger charge is -2.13. The molecule has 4 aromatic rings. The summed E-state index contributed by atoms with van der Waals surface area (Å²) < 4.78 is 22.0. The number of ketones is 1. The Morgan fingerprint density at radius 3 is 2.53 bits per heavy atom. The van der Waals surface area contributed by atoms with Gasteiger partial charge in [0.2, 0.25) is 5.89 Å². The number of nitrogens with zero attached hydrogens (tertiary/aromatic N) is 2. The fourth-order valence-corrected chi connectivity index (χ4v) is 3.73. The van der Waals surface area contributed by atoms with Crippen molar-refractivity contribution in [3.8, 4) is 23.0 Å². The van der Waals surface area contributed by atoms with Crippen molar-refractivity contribution in [2.75, 3.05) is 14.2 Å². The molecule has 0 N–H and O–H groups in total. The number of carbonyl (C=O) groups is 2. The van der Waals surface area contributed by atoms with Gasteiger partial charge in [0.05, 0.1) is 19.9 Å². The van der Waals surface area contributed by atoms with Crippen LogP contribution >= 0.6 is 0 Å². The standard InChI is InChI=1S/C28H26N2O6/c1-18-8-7-13-29-25(18)26(31)22(28(32)34-3)15-21-17-36-27(30-21)20-11-12-23(33-2)24(14-20)35-16-19-9-5-4-6-10-19/h4-14,17,22H,15-16H2,1-3H3. The van der Waals surface area contributed by atoms with Crippen LogP contribution in [0.5, 0.6) is 11.5 Å². The molecule has 4 rings (SSSR count). The van der Waals surface area contributed by atoms with Gasteiger partial charge in [-0.15, -0.1) is 0 Å². The van der Waals surface area contributed by atoms with E-state index in [1.54, 1.807) is 44.4 Å². The lowest BCUT2D eigenvalue weighted by molar-refractivity contribution is -0.143. The van der Waals surface area contributed by atoms with Gasteiger partial charge >= 0.3 is 5.97 Å². The molecular formula is C28H26N2O6. The highest BCUT2D eigenvalue weighted by atomic mass is 16.5. The minimum atomic E-state index is -1.10. The van der Waals surface area contributed by atoms with Crippen LogP contribution in [0.2, 0.25) is 0 Å². The lowest BCUT2D eigenvalue weighted by atomic mass is 9.94. The second-order valence-electron chi connectivity index (χ2n) is 8.10. The molecule has 1 unspecified atom stereocenters. The van der Waals surface area contributed by atoms with E-state index in [2.05, 4.69) is 9.97 Å². The Bertz CT molecular complexity index is 1350. The first-order valence-corrected chi connectivity index (χ1v) is 11.3. The molecule has 0 radical (unpaired) electrons. The molecular weight excluding hydrogens is 460 g/mol. The van der Waals surface area contributed by atoms with Crippen molar-refractivity contribution in [3.05, 3.63) is 95.6 Å². The predicted molar refractivity (Wildman–Crippen MR) is 132 cm³/mol. The third-order valence-corrected chi connectivity index (χ3v) is 5.66. The molecule has 8 nitrogen and oxygen atoms in total. The largest absolute Gasteiger partial charge is 0.493 e. The minimum Gasteiger partial charge on any atom is -0.493 e. The number of carbonyl (C=O) groups excluding carboxylic acids is 2. The van der Waals surface area contributed by atoms with E-state index in [4.69, 9.17) is 18.6 Å². The fourth-order valence-electron chi connectivity index (χ4n) is 3.73. The third-order valence-electron chi connectivity index (χ3n) is 5.66. The zero-order valence-corrected chi connectivity index (χ0v) is 20.3. The summed E-state index contributed by atoms with van der Waals surface area (Å²) in [5.41, 5.74) is 3.02. The zero-order valence-electron chi connectivity index (χ0n) is 20.3. The quantitative estimate of drug-likeness (QED) is 0.178. The topological polar surface area (TPSA) is 101 Å². The van der Waals surface area contributed by atoms with E-state index in [-0.39, 0.29) is 12.1 Å². The summed E-state index contributed by atoms with van der Waals surface area (Å²) in [5, 5.41) is 0. The van der Waals surface area contributed by atoms with Crippen LogP contribution in [0.4, 0.5) is 0 Å². The summed E-state index contributed by atoms with van der Waals surface area (Å²) in [4.78, 5) is 34.2. The Hall–Kier alpha value is -4.46. The molecule has 36 heavy (non-hydrogen) atoms. The number of hydrogen-bond acceptors (Lipinski definition) is 8. The number of hydrogen-bond donors (Lipinski definition) is 0. The predicted octanol–water partition coefficient (Wildman–Crippen LogP) is 4.85. The summed E-state index contributed by atoms with van der Waals surface area (Å²) in [7, 11) is 2.82. The maximum atomic E-state index is 13.1. The fraction of sp³-hybridized carbons (Fsp3) is 0.214. The Morgan fingerprint density at radius 1 is 1.00 bits per heavy atom. The van der Waals surface area contributed by atoms with E-state index in [1.807, 2.05) is 30.3 Å². The zero-order chi connectivity index (χ0) is 25.5. The van der Waals surface area contributed by atoms with E-state index < -0.39 is 17.7 Å². The van der Waals surface area contributed by atoms with Crippen LogP contribution in [0.15, 0.2) is 77.5 Å². The molecule has 0 fully saturated rings. The normalized spacial score (nSPS) is 11.5. The molecule has 0 aliphatic heterocycles. The van der Waals surface area contributed by atoms with Crippen LogP contribution in [0.1, 0.15) is 27.3 Å². The average Bonchev–Trinajstić information content (AvgIpc) is 3.39. The Morgan fingerprint density at radius 2 is 1.81 bits per heavy atom. The maximum Gasteiger partial charge on any atom is 0.317 e. The van der Waals surface area contributed by atoms with E-state index in [0.29, 0.717) is 40.8 Å². The summed E-state index contributed by atoms with van der Waals surface area (Å²) in [6.07, 6.45) is 2.96. The van der Waals surface area contributed by atoms with Crippen molar-refractivity contribution >= 4 is 11.8 Å². The van der Waals surface area contributed by atoms with Crippen LogP contribution in [0.3, 0.4) is 0 Å². The van der Waals surface area contributed by atoms with Gasteiger partial charge in [0.25, 0.3) is 0 Å². The molecule has 0 bridgehead atoms. The molecule has 1 atom stereocenters. The summed E-state index contributed by atoms with van der Waals surface area (Å²) >= 11 is 0. The van der Waals surface area contributed by atoms with Gasteiger partial charge in [-0.2, -0.15) is 0 Å². The molecule has 0 saturated carbocycles. The van der Waals surface area contributed by atoms with Crippen LogP contribution in [-0.4, -0.2) is 35.9 Å². The summed E-state index contributed by atoms with van der Waals surface area (Å²) in [6, 6.07) is 18.6. The Balaban J connectivity index is 1.55. The molecule has 0 saturated heterocycles. The molecule has 2 aromatic heterocycles. The maximum absolute atomic E-state index is 13.1. The van der Waals surface area contributed by atoms with Gasteiger partial charge in [-0.3, -0.25) is 14.6 Å². The number of Topliss-reactive ketones (excluding diaryl/α,β-unsaturated/α-hetero) is 1. The number of methoxy groups -OCH3 is 2. The van der Waals surface area contributed by atoms with Gasteiger partial charge in [-0.25, -0.2) is 4.98 Å². The van der Waals surface area contributed by atoms with Crippen LogP contribution < -0.4 is 9.47 Å². The van der Waals surface area contributed by atoms with Crippen molar-refractivity contribution < 1.29 is 28.2 Å². The number of oxazole rings is 1. The van der Waals surface area contributed by atoms with E-state index in [1.165, 1.54) is 19.6 Å². The highest BCUT2D eigenvalue weighted by Crippen LogP contribution is 2.33. The van der Waals surface area contributed by atoms with Crippen LogP contribution in [0.25, 0.3) is 11.5 Å². The van der Waals surface area contributed by atoms with Crippen molar-refractivity contribution in [2.45, 2.75) is 20.0 Å². The number of benzene rings is 2. The molecule has 0 amide bonds. The lowest BCUT2D eigenvalue weighted by Crippen LogP contribution is -2.29. The molecule has 2 heterocycles. The van der Waals surface area contributed by atoms with Gasteiger partial charge in [-0.1, -0.05) is 36.4 Å². The number of aryl methyl sites for hydroxylation is 1. The smallest absolute Gasteiger partial charge is 0.317 e. The molecule has 0 aliphatic carbocycles. The first kappa shape index (κ1) is 24.7. The molecule has 0 spiro atoms. The summed E-state index contributed by atoms with van der Waals surface area (Å²) in [5.74, 6) is -0.749. The number of pyridine rings is 1. The van der Waals surface area contributed by atoms with Gasteiger partial charge in [0, 0.05) is 18.2 Å². The van der Waals surface area contributed by atoms with Crippen LogP contribution in [0, 0.1) is 12.8 Å². The molecule has 0 aliphatic rings. The van der Waals surface area contributed by atoms with Crippen molar-refractivity contribution in [1.29, 1.82) is 0 Å². The number of ether oxygens (including phenoxy) is 3. The van der Waals surface area contributed by atoms with E-state index >= 15 is 0 Å². The SMILES string of the molecule is COC(=O)C(Cc1coc(-c2ccc(OC)c(OCc3ccccc3)c2)n1)C(=O)c1ncccc1C. The van der Waals surface area contributed by atoms with Gasteiger partial charge in [0.1, 0.15) is 24.5 Å². The summed E-state index contributed by atoms with van der Waals surface area (Å²) in [6.45, 7) is 2.14. The average molecular weight is 487 g/mol. The van der Waals surface area contributed by atoms with E-state index in [0.717, 1.165) is 5.56 Å². The van der Waals surface area contributed by atoms with E-state index in [9.17, 15) is 9.59 Å². The van der Waals surface area contributed by atoms with Crippen LogP contribution in [-0.2, 0) is 22.6 Å². The first-order chi connectivity index (χ1) is 17.5. The van der Waals surface area contributed by atoms with Crippen molar-refractivity contribution in [2.24, 2.45) is 5.92 Å². The molecule has 2 aromatic carbocycles. The highest BCUT2D eigenvalue weighted by Gasteiger charge is 2.31. The Kier molecular flexibility index (Phi) is 7.75. The minimum absolute atomic E-state index is 0.0124. The Labute approximate surface area is 208 Å². The van der Waals surface area contributed by atoms with Gasteiger partial charge in [0.15, 0.2) is 17.3 Å². The first-order valence-electron chi connectivity index (χ1n) is 11.3. The number of esters is 1. The second kappa shape index (κ2) is 11.3. The van der Waals surface area contributed by atoms with Crippen molar-refractivity contribution in [1.82, 2.24) is 9.97 Å². The van der Waals surface area contributed by atoms with Gasteiger partial charge < -0.3 is 18.6 Å². The van der Waals surface area contributed by atoms with Gasteiger partial charge in [-0.05, 0) is 42.3 Å². The van der Waals surface area contributed by atoms with Crippen molar-refractivity contribution in [3.63, 3.8) is 0 Å². The monoisotopic (exact) mass is 486 g/mol. The third kappa shape index (κ3) is 5.60. The number of rotatable bonds is 10. The highest BCUT2D eigenvalue weighted by molar-refractivity contribution is 6.08. The number of aromatic nitrogens is 2. The second-order valence-corrected chi connectivity index (χ2v) is 8.10.